The predicted molar refractivity (Wildman–Crippen MR) is 68.0 cm³/mol. The van der Waals surface area contributed by atoms with Gasteiger partial charge in [0.2, 0.25) is 5.88 Å². The maximum Gasteiger partial charge on any atom is 0.237 e. The average molecular weight is 222 g/mol. The highest BCUT2D eigenvalue weighted by atomic mass is 16.5. The molecule has 1 N–H and O–H groups in total. The molecule has 90 valence electrons. The second kappa shape index (κ2) is 7.09. The number of hydrogen-bond donors (Lipinski definition) is 1. The van der Waals surface area contributed by atoms with E-state index < -0.39 is 0 Å². The molecule has 0 bridgehead atoms. The lowest BCUT2D eigenvalue weighted by Gasteiger charge is -2.15. The van der Waals surface area contributed by atoms with Gasteiger partial charge in [0.05, 0.1) is 12.3 Å². The van der Waals surface area contributed by atoms with Gasteiger partial charge < -0.3 is 10.1 Å². The molecule has 0 atom stereocenters. The minimum absolute atomic E-state index is 0.649. The second-order valence-electron chi connectivity index (χ2n) is 3.85. The lowest BCUT2D eigenvalue weighted by molar-refractivity contribution is 0.328. The van der Waals surface area contributed by atoms with Crippen molar-refractivity contribution in [3.05, 3.63) is 18.3 Å². The first-order valence-corrected chi connectivity index (χ1v) is 6.13. The highest BCUT2D eigenvalue weighted by Gasteiger charge is 2.06. The van der Waals surface area contributed by atoms with Crippen LogP contribution in [0.5, 0.6) is 5.88 Å². The quantitative estimate of drug-likeness (QED) is 0.768. The summed E-state index contributed by atoms with van der Waals surface area (Å²) in [5, 5.41) is 3.41. The third kappa shape index (κ3) is 3.72. The van der Waals surface area contributed by atoms with E-state index in [1.807, 2.05) is 19.1 Å². The molecule has 1 rings (SSSR count). The monoisotopic (exact) mass is 222 g/mol. The fourth-order valence-electron chi connectivity index (χ4n) is 1.61. The SMILES string of the molecule is CCOc1ncccc1NCC(CC)CC. The van der Waals surface area contributed by atoms with Gasteiger partial charge >= 0.3 is 0 Å². The molecular formula is C13H22N2O. The van der Waals surface area contributed by atoms with Crippen LogP contribution in [0, 0.1) is 5.92 Å². The van der Waals surface area contributed by atoms with Crippen molar-refractivity contribution in [2.24, 2.45) is 5.92 Å². The van der Waals surface area contributed by atoms with Crippen LogP contribution >= 0.6 is 0 Å². The molecule has 3 heteroatoms. The minimum atomic E-state index is 0.649. The van der Waals surface area contributed by atoms with Gasteiger partial charge in [0, 0.05) is 12.7 Å². The molecule has 1 heterocycles. The van der Waals surface area contributed by atoms with Gasteiger partial charge in [-0.1, -0.05) is 26.7 Å². The molecule has 0 aliphatic rings. The third-order valence-electron chi connectivity index (χ3n) is 2.79. The van der Waals surface area contributed by atoms with E-state index in [0.29, 0.717) is 12.5 Å². The zero-order chi connectivity index (χ0) is 11.8. The van der Waals surface area contributed by atoms with Crippen LogP contribution in [0.2, 0.25) is 0 Å². The first kappa shape index (κ1) is 12.8. The fraction of sp³-hybridized carbons (Fsp3) is 0.615. The molecule has 0 saturated heterocycles. The Balaban J connectivity index is 2.58. The summed E-state index contributed by atoms with van der Waals surface area (Å²) in [5.41, 5.74) is 0.997. The summed E-state index contributed by atoms with van der Waals surface area (Å²) in [6, 6.07) is 3.94. The van der Waals surface area contributed by atoms with Gasteiger partial charge in [-0.2, -0.15) is 0 Å². The van der Waals surface area contributed by atoms with Crippen LogP contribution in [-0.4, -0.2) is 18.1 Å². The summed E-state index contributed by atoms with van der Waals surface area (Å²) >= 11 is 0. The van der Waals surface area contributed by atoms with Gasteiger partial charge in [-0.25, -0.2) is 4.98 Å². The number of ether oxygens (including phenoxy) is 1. The van der Waals surface area contributed by atoms with Crippen molar-refractivity contribution in [2.75, 3.05) is 18.5 Å². The smallest absolute Gasteiger partial charge is 0.237 e. The topological polar surface area (TPSA) is 34.1 Å². The molecule has 0 aliphatic heterocycles. The van der Waals surface area contributed by atoms with Crippen molar-refractivity contribution in [1.82, 2.24) is 4.98 Å². The van der Waals surface area contributed by atoms with Crippen LogP contribution in [-0.2, 0) is 0 Å². The Morgan fingerprint density at radius 3 is 2.69 bits per heavy atom. The van der Waals surface area contributed by atoms with E-state index in [0.717, 1.165) is 18.2 Å². The molecule has 0 aromatic carbocycles. The standard InChI is InChI=1S/C13H22N2O/c1-4-11(5-2)10-15-12-8-7-9-14-13(12)16-6-3/h7-9,11,15H,4-6,10H2,1-3H3. The maximum atomic E-state index is 5.46. The van der Waals surface area contributed by atoms with E-state index >= 15 is 0 Å². The van der Waals surface area contributed by atoms with Crippen LogP contribution < -0.4 is 10.1 Å². The number of aromatic nitrogens is 1. The Kier molecular flexibility index (Phi) is 5.68. The first-order valence-electron chi connectivity index (χ1n) is 6.13. The normalized spacial score (nSPS) is 10.5. The number of hydrogen-bond acceptors (Lipinski definition) is 3. The number of nitrogens with zero attached hydrogens (tertiary/aromatic N) is 1. The zero-order valence-corrected chi connectivity index (χ0v) is 10.5. The van der Waals surface area contributed by atoms with E-state index in [-0.39, 0.29) is 0 Å². The highest BCUT2D eigenvalue weighted by molar-refractivity contribution is 5.51. The summed E-state index contributed by atoms with van der Waals surface area (Å²) in [6.07, 6.45) is 4.16. The average Bonchev–Trinajstić information content (AvgIpc) is 2.33. The predicted octanol–water partition coefficient (Wildman–Crippen LogP) is 3.33. The lowest BCUT2D eigenvalue weighted by atomic mass is 10.0. The minimum Gasteiger partial charge on any atom is -0.476 e. The van der Waals surface area contributed by atoms with E-state index in [9.17, 15) is 0 Å². The second-order valence-corrected chi connectivity index (χ2v) is 3.85. The number of pyridine rings is 1. The Hall–Kier alpha value is -1.25. The van der Waals surface area contributed by atoms with Crippen molar-refractivity contribution in [3.8, 4) is 5.88 Å². The Morgan fingerprint density at radius 2 is 2.06 bits per heavy atom. The zero-order valence-electron chi connectivity index (χ0n) is 10.5. The van der Waals surface area contributed by atoms with E-state index in [4.69, 9.17) is 4.74 Å². The molecule has 0 spiro atoms. The van der Waals surface area contributed by atoms with Gasteiger partial charge in [0.15, 0.2) is 0 Å². The summed E-state index contributed by atoms with van der Waals surface area (Å²) in [6.45, 7) is 8.06. The van der Waals surface area contributed by atoms with Crippen LogP contribution in [0.3, 0.4) is 0 Å². The molecule has 0 radical (unpaired) electrons. The number of rotatable bonds is 7. The molecule has 0 saturated carbocycles. The van der Waals surface area contributed by atoms with Crippen LogP contribution in [0.1, 0.15) is 33.6 Å². The van der Waals surface area contributed by atoms with E-state index in [1.165, 1.54) is 12.8 Å². The maximum absolute atomic E-state index is 5.46. The molecule has 1 aromatic heterocycles. The lowest BCUT2D eigenvalue weighted by Crippen LogP contribution is -2.13. The van der Waals surface area contributed by atoms with Gasteiger partial charge in [0.25, 0.3) is 0 Å². The van der Waals surface area contributed by atoms with Crippen LogP contribution in [0.4, 0.5) is 5.69 Å². The van der Waals surface area contributed by atoms with Crippen LogP contribution in [0.15, 0.2) is 18.3 Å². The molecular weight excluding hydrogens is 200 g/mol. The highest BCUT2D eigenvalue weighted by Crippen LogP contribution is 2.21. The molecule has 0 amide bonds. The molecule has 16 heavy (non-hydrogen) atoms. The molecule has 0 fully saturated rings. The van der Waals surface area contributed by atoms with E-state index in [1.54, 1.807) is 6.20 Å². The summed E-state index contributed by atoms with van der Waals surface area (Å²) in [5.74, 6) is 1.42. The summed E-state index contributed by atoms with van der Waals surface area (Å²) < 4.78 is 5.46. The molecule has 3 nitrogen and oxygen atoms in total. The van der Waals surface area contributed by atoms with Crippen molar-refractivity contribution in [3.63, 3.8) is 0 Å². The van der Waals surface area contributed by atoms with Crippen molar-refractivity contribution in [1.29, 1.82) is 0 Å². The fourth-order valence-corrected chi connectivity index (χ4v) is 1.61. The van der Waals surface area contributed by atoms with Crippen LogP contribution in [0.25, 0.3) is 0 Å². The van der Waals surface area contributed by atoms with Gasteiger partial charge in [-0.15, -0.1) is 0 Å². The summed E-state index contributed by atoms with van der Waals surface area (Å²) in [7, 11) is 0. The summed E-state index contributed by atoms with van der Waals surface area (Å²) in [4.78, 5) is 4.21. The van der Waals surface area contributed by atoms with Crippen molar-refractivity contribution in [2.45, 2.75) is 33.6 Å². The van der Waals surface area contributed by atoms with E-state index in [2.05, 4.69) is 24.1 Å². The third-order valence-corrected chi connectivity index (χ3v) is 2.79. The van der Waals surface area contributed by atoms with Gasteiger partial charge in [-0.05, 0) is 25.0 Å². The first-order chi connectivity index (χ1) is 7.81. The Labute approximate surface area is 98.2 Å². The number of anilines is 1. The van der Waals surface area contributed by atoms with Crippen molar-refractivity contribution < 1.29 is 4.74 Å². The Bertz CT molecular complexity index is 298. The molecule has 0 aliphatic carbocycles. The molecule has 1 aromatic rings. The van der Waals surface area contributed by atoms with Gasteiger partial charge in [0.1, 0.15) is 0 Å². The number of nitrogens with one attached hydrogen (secondary N) is 1. The van der Waals surface area contributed by atoms with Crippen molar-refractivity contribution >= 4 is 5.69 Å². The molecule has 0 unspecified atom stereocenters. The van der Waals surface area contributed by atoms with Gasteiger partial charge in [-0.3, -0.25) is 0 Å². The Morgan fingerprint density at radius 1 is 1.31 bits per heavy atom. The largest absolute Gasteiger partial charge is 0.476 e.